The van der Waals surface area contributed by atoms with Crippen molar-refractivity contribution >= 4 is 33.2 Å². The first kappa shape index (κ1) is 15.3. The molecular formula is C14H13ClN2O3S. The van der Waals surface area contributed by atoms with Crippen LogP contribution in [0.15, 0.2) is 53.4 Å². The number of carbonyl (C=O) groups is 1. The largest absolute Gasteiger partial charge is 0.355 e. The van der Waals surface area contributed by atoms with Gasteiger partial charge in [-0.2, -0.15) is 0 Å². The third-order valence-corrected chi connectivity index (χ3v) is 4.40. The minimum atomic E-state index is -3.78. The molecule has 110 valence electrons. The van der Waals surface area contributed by atoms with Crippen LogP contribution in [0.5, 0.6) is 0 Å². The molecule has 2 aromatic carbocycles. The van der Waals surface area contributed by atoms with E-state index in [0.29, 0.717) is 5.02 Å². The summed E-state index contributed by atoms with van der Waals surface area (Å²) < 4.78 is 27.0. The smallest absolute Gasteiger partial charge is 0.261 e. The fourth-order valence-corrected chi connectivity index (χ4v) is 2.93. The van der Waals surface area contributed by atoms with Crippen molar-refractivity contribution in [3.8, 4) is 0 Å². The first-order valence-corrected chi connectivity index (χ1v) is 7.89. The molecule has 0 spiro atoms. The van der Waals surface area contributed by atoms with Gasteiger partial charge in [-0.15, -0.1) is 0 Å². The van der Waals surface area contributed by atoms with Gasteiger partial charge >= 0.3 is 0 Å². The molecule has 0 saturated heterocycles. The Bertz CT molecular complexity index is 758. The van der Waals surface area contributed by atoms with Gasteiger partial charge < -0.3 is 5.32 Å². The maximum absolute atomic E-state index is 12.3. The lowest BCUT2D eigenvalue weighted by atomic mass is 10.2. The molecule has 0 fully saturated rings. The van der Waals surface area contributed by atoms with E-state index >= 15 is 0 Å². The van der Waals surface area contributed by atoms with Gasteiger partial charge in [-0.05, 0) is 36.4 Å². The van der Waals surface area contributed by atoms with Gasteiger partial charge in [0.1, 0.15) is 0 Å². The van der Waals surface area contributed by atoms with E-state index in [-0.39, 0.29) is 22.1 Å². The van der Waals surface area contributed by atoms with E-state index in [1.165, 1.54) is 37.4 Å². The first-order valence-electron chi connectivity index (χ1n) is 6.03. The second-order valence-corrected chi connectivity index (χ2v) is 6.30. The number of para-hydroxylation sites is 1. The molecule has 2 rings (SSSR count). The Labute approximate surface area is 128 Å². The van der Waals surface area contributed by atoms with Crippen molar-refractivity contribution in [1.29, 1.82) is 0 Å². The highest BCUT2D eigenvalue weighted by Gasteiger charge is 2.17. The van der Waals surface area contributed by atoms with E-state index in [1.807, 2.05) is 0 Å². The average Bonchev–Trinajstić information content (AvgIpc) is 2.47. The Balaban J connectivity index is 2.37. The molecule has 7 heteroatoms. The van der Waals surface area contributed by atoms with Crippen molar-refractivity contribution in [3.63, 3.8) is 0 Å². The van der Waals surface area contributed by atoms with Crippen LogP contribution in [0.25, 0.3) is 0 Å². The second kappa shape index (κ2) is 6.15. The van der Waals surface area contributed by atoms with Crippen molar-refractivity contribution in [2.45, 2.75) is 4.90 Å². The lowest BCUT2D eigenvalue weighted by Gasteiger charge is -2.11. The number of sulfonamides is 1. The van der Waals surface area contributed by atoms with Crippen molar-refractivity contribution in [2.24, 2.45) is 0 Å². The zero-order chi connectivity index (χ0) is 15.5. The molecule has 2 N–H and O–H groups in total. The highest BCUT2D eigenvalue weighted by molar-refractivity contribution is 7.92. The summed E-state index contributed by atoms with van der Waals surface area (Å²) in [6.07, 6.45) is 0. The Morgan fingerprint density at radius 3 is 2.29 bits per heavy atom. The summed E-state index contributed by atoms with van der Waals surface area (Å²) in [4.78, 5) is 11.8. The molecule has 0 aliphatic rings. The van der Waals surface area contributed by atoms with Crippen molar-refractivity contribution in [3.05, 3.63) is 59.1 Å². The fraction of sp³-hybridized carbons (Fsp3) is 0.0714. The summed E-state index contributed by atoms with van der Waals surface area (Å²) >= 11 is 5.74. The van der Waals surface area contributed by atoms with Crippen LogP contribution >= 0.6 is 11.6 Å². The summed E-state index contributed by atoms with van der Waals surface area (Å²) in [5, 5.41) is 2.91. The number of amides is 1. The minimum Gasteiger partial charge on any atom is -0.355 e. The molecule has 5 nitrogen and oxygen atoms in total. The van der Waals surface area contributed by atoms with E-state index in [4.69, 9.17) is 11.6 Å². The van der Waals surface area contributed by atoms with Crippen LogP contribution < -0.4 is 10.0 Å². The SMILES string of the molecule is CNC(=O)c1ccccc1NS(=O)(=O)c1ccc(Cl)cc1. The van der Waals surface area contributed by atoms with Crippen LogP contribution in [-0.4, -0.2) is 21.4 Å². The van der Waals surface area contributed by atoms with E-state index in [0.717, 1.165) is 0 Å². The van der Waals surface area contributed by atoms with Crippen LogP contribution in [0.3, 0.4) is 0 Å². The summed E-state index contributed by atoms with van der Waals surface area (Å²) in [5.41, 5.74) is 0.462. The predicted octanol–water partition coefficient (Wildman–Crippen LogP) is 2.50. The molecular weight excluding hydrogens is 312 g/mol. The van der Waals surface area contributed by atoms with Gasteiger partial charge in [0.2, 0.25) is 0 Å². The monoisotopic (exact) mass is 324 g/mol. The van der Waals surface area contributed by atoms with Crippen LogP contribution in [0, 0.1) is 0 Å². The molecule has 0 aliphatic carbocycles. The summed E-state index contributed by atoms with van der Waals surface area (Å²) in [5.74, 6) is -0.371. The van der Waals surface area contributed by atoms with E-state index in [9.17, 15) is 13.2 Å². The van der Waals surface area contributed by atoms with Gasteiger partial charge in [-0.1, -0.05) is 23.7 Å². The maximum atomic E-state index is 12.3. The number of anilines is 1. The van der Waals surface area contributed by atoms with Gasteiger partial charge in [0.25, 0.3) is 15.9 Å². The molecule has 1 amide bonds. The van der Waals surface area contributed by atoms with Gasteiger partial charge in [0.05, 0.1) is 16.1 Å². The maximum Gasteiger partial charge on any atom is 0.261 e. The number of nitrogens with one attached hydrogen (secondary N) is 2. The van der Waals surface area contributed by atoms with Crippen LogP contribution in [-0.2, 0) is 10.0 Å². The molecule has 0 bridgehead atoms. The molecule has 0 atom stereocenters. The highest BCUT2D eigenvalue weighted by atomic mass is 35.5. The Morgan fingerprint density at radius 2 is 1.67 bits per heavy atom. The quantitative estimate of drug-likeness (QED) is 0.907. The topological polar surface area (TPSA) is 75.3 Å². The van der Waals surface area contributed by atoms with Gasteiger partial charge in [-0.25, -0.2) is 8.42 Å². The molecule has 2 aromatic rings. The Hall–Kier alpha value is -2.05. The fourth-order valence-electron chi connectivity index (χ4n) is 1.72. The zero-order valence-corrected chi connectivity index (χ0v) is 12.7. The van der Waals surface area contributed by atoms with Crippen molar-refractivity contribution in [1.82, 2.24) is 5.32 Å². The zero-order valence-electron chi connectivity index (χ0n) is 11.1. The lowest BCUT2D eigenvalue weighted by molar-refractivity contribution is 0.0964. The number of hydrogen-bond donors (Lipinski definition) is 2. The second-order valence-electron chi connectivity index (χ2n) is 4.18. The lowest BCUT2D eigenvalue weighted by Crippen LogP contribution is -2.21. The van der Waals surface area contributed by atoms with Gasteiger partial charge in [0, 0.05) is 12.1 Å². The van der Waals surface area contributed by atoms with E-state index < -0.39 is 10.0 Å². The number of carbonyl (C=O) groups excluding carboxylic acids is 1. The van der Waals surface area contributed by atoms with E-state index in [2.05, 4.69) is 10.0 Å². The van der Waals surface area contributed by atoms with Crippen LogP contribution in [0.2, 0.25) is 5.02 Å². The van der Waals surface area contributed by atoms with Crippen molar-refractivity contribution < 1.29 is 13.2 Å². The molecule has 0 saturated carbocycles. The van der Waals surface area contributed by atoms with Gasteiger partial charge in [0.15, 0.2) is 0 Å². The number of hydrogen-bond acceptors (Lipinski definition) is 3. The normalized spacial score (nSPS) is 11.0. The third kappa shape index (κ3) is 3.53. The van der Waals surface area contributed by atoms with Crippen LogP contribution in [0.4, 0.5) is 5.69 Å². The van der Waals surface area contributed by atoms with Gasteiger partial charge in [-0.3, -0.25) is 9.52 Å². The predicted molar refractivity (Wildman–Crippen MR) is 82.1 cm³/mol. The number of benzene rings is 2. The standard InChI is InChI=1S/C14H13ClN2O3S/c1-16-14(18)12-4-2-3-5-13(12)17-21(19,20)11-8-6-10(15)7-9-11/h2-9,17H,1H3,(H,16,18). The third-order valence-electron chi connectivity index (χ3n) is 2.77. The highest BCUT2D eigenvalue weighted by Crippen LogP contribution is 2.21. The molecule has 0 aliphatic heterocycles. The molecule has 0 radical (unpaired) electrons. The van der Waals surface area contributed by atoms with Crippen molar-refractivity contribution in [2.75, 3.05) is 11.8 Å². The Kier molecular flexibility index (Phi) is 4.50. The first-order chi connectivity index (χ1) is 9.94. The summed E-state index contributed by atoms with van der Waals surface area (Å²) in [6, 6.07) is 12.1. The summed E-state index contributed by atoms with van der Waals surface area (Å²) in [7, 11) is -2.30. The van der Waals surface area contributed by atoms with Crippen LogP contribution in [0.1, 0.15) is 10.4 Å². The average molecular weight is 325 g/mol. The molecule has 0 aromatic heterocycles. The molecule has 0 unspecified atom stereocenters. The molecule has 21 heavy (non-hydrogen) atoms. The van der Waals surface area contributed by atoms with E-state index in [1.54, 1.807) is 18.2 Å². The Morgan fingerprint density at radius 1 is 1.05 bits per heavy atom. The number of halogens is 1. The number of rotatable bonds is 4. The minimum absolute atomic E-state index is 0.0682. The summed E-state index contributed by atoms with van der Waals surface area (Å²) in [6.45, 7) is 0. The molecule has 0 heterocycles.